The Balaban J connectivity index is 2.72. The van der Waals surface area contributed by atoms with Crippen molar-refractivity contribution < 1.29 is 8.42 Å². The van der Waals surface area contributed by atoms with E-state index in [1.165, 1.54) is 0 Å². The minimum absolute atomic E-state index is 0.625. The summed E-state index contributed by atoms with van der Waals surface area (Å²) < 4.78 is 20.3. The molecule has 1 aliphatic carbocycles. The topological polar surface area (TPSA) is 34.1 Å². The van der Waals surface area contributed by atoms with E-state index in [1.54, 1.807) is 6.08 Å². The molecule has 0 saturated carbocycles. The Hall–Kier alpha value is -0.310. The molecule has 0 aromatic carbocycles. The van der Waals surface area contributed by atoms with Gasteiger partial charge in [0.15, 0.2) is 10.7 Å². The molecule has 0 spiro atoms. The van der Waals surface area contributed by atoms with Crippen LogP contribution in [-0.4, -0.2) is 8.42 Å². The van der Waals surface area contributed by atoms with Crippen LogP contribution in [0.1, 0.15) is 19.3 Å². The largest absolute Gasteiger partial charge is 0.227 e. The Labute approximate surface area is 50.2 Å². The monoisotopic (exact) mass is 132 g/mol. The van der Waals surface area contributed by atoms with Gasteiger partial charge in [0.1, 0.15) is 0 Å². The molecule has 0 aromatic rings. The second kappa shape index (κ2) is 2.31. The van der Waals surface area contributed by atoms with Crippen LogP contribution in [-0.2, 0) is 10.7 Å². The van der Waals surface area contributed by atoms with Crippen molar-refractivity contribution >= 4 is 10.7 Å². The minimum Gasteiger partial charge on any atom is -0.227 e. The first-order valence-electron chi connectivity index (χ1n) is 2.64. The van der Waals surface area contributed by atoms with E-state index in [2.05, 4.69) is 0 Å². The Morgan fingerprint density at radius 3 is 2.50 bits per heavy atom. The third-order valence-electron chi connectivity index (χ3n) is 1.25. The molecule has 0 bridgehead atoms. The third-order valence-corrected chi connectivity index (χ3v) is 2.13. The van der Waals surface area contributed by atoms with Crippen molar-refractivity contribution in [3.8, 4) is 0 Å². The summed E-state index contributed by atoms with van der Waals surface area (Å²) in [6.45, 7) is 0. The van der Waals surface area contributed by atoms with Crippen LogP contribution in [0.2, 0.25) is 0 Å². The van der Waals surface area contributed by atoms with E-state index in [-0.39, 0.29) is 0 Å². The number of thiol groups is 1. The van der Waals surface area contributed by atoms with Gasteiger partial charge < -0.3 is 0 Å². The normalized spacial score (nSPS) is 19.4. The fraction of sp³-hybridized carbons (Fsp3) is 0.600. The van der Waals surface area contributed by atoms with E-state index in [4.69, 9.17) is 0 Å². The standard InChI is InChI=1S/C5H8O2S/c6-8(7)5-3-1-2-4-5/h3,8H,1-2,4H2. The van der Waals surface area contributed by atoms with Crippen molar-refractivity contribution in [3.05, 3.63) is 11.0 Å². The zero-order valence-corrected chi connectivity index (χ0v) is 5.36. The van der Waals surface area contributed by atoms with Gasteiger partial charge in [0.25, 0.3) is 0 Å². The lowest BCUT2D eigenvalue weighted by Crippen LogP contribution is -1.76. The molecule has 0 N–H and O–H groups in total. The zero-order chi connectivity index (χ0) is 5.98. The van der Waals surface area contributed by atoms with Gasteiger partial charge >= 0.3 is 0 Å². The summed E-state index contributed by atoms with van der Waals surface area (Å²) in [4.78, 5) is 0.625. The lowest BCUT2D eigenvalue weighted by Gasteiger charge is -1.81. The van der Waals surface area contributed by atoms with Crippen LogP contribution in [0.3, 0.4) is 0 Å². The summed E-state index contributed by atoms with van der Waals surface area (Å²) in [5.41, 5.74) is 0. The molecule has 3 heteroatoms. The van der Waals surface area contributed by atoms with E-state index in [0.717, 1.165) is 19.3 Å². The van der Waals surface area contributed by atoms with E-state index >= 15 is 0 Å². The second-order valence-electron chi connectivity index (χ2n) is 1.84. The van der Waals surface area contributed by atoms with Crippen molar-refractivity contribution in [2.24, 2.45) is 0 Å². The van der Waals surface area contributed by atoms with Crippen molar-refractivity contribution in [2.75, 3.05) is 0 Å². The summed E-state index contributed by atoms with van der Waals surface area (Å²) in [5.74, 6) is 0. The van der Waals surface area contributed by atoms with Crippen LogP contribution in [0.5, 0.6) is 0 Å². The van der Waals surface area contributed by atoms with E-state index in [1.807, 2.05) is 0 Å². The number of hydrogen-bond donors (Lipinski definition) is 1. The molecule has 0 aromatic heterocycles. The fourth-order valence-corrected chi connectivity index (χ4v) is 1.44. The van der Waals surface area contributed by atoms with E-state index in [0.29, 0.717) is 4.91 Å². The lowest BCUT2D eigenvalue weighted by atomic mass is 10.4. The summed E-state index contributed by atoms with van der Waals surface area (Å²) >= 11 is 0. The molecule has 0 aliphatic heterocycles. The molecule has 0 amide bonds. The molecule has 0 saturated heterocycles. The van der Waals surface area contributed by atoms with Crippen LogP contribution in [0, 0.1) is 0 Å². The van der Waals surface area contributed by atoms with Gasteiger partial charge in [-0.2, -0.15) is 0 Å². The van der Waals surface area contributed by atoms with Gasteiger partial charge in [-0.1, -0.05) is 6.08 Å². The molecular weight excluding hydrogens is 124 g/mol. The van der Waals surface area contributed by atoms with Crippen molar-refractivity contribution in [2.45, 2.75) is 19.3 Å². The summed E-state index contributed by atoms with van der Waals surface area (Å²) in [6, 6.07) is 0. The first kappa shape index (κ1) is 5.82. The highest BCUT2D eigenvalue weighted by molar-refractivity contribution is 7.76. The molecular formula is C5H8O2S. The first-order valence-corrected chi connectivity index (χ1v) is 3.82. The van der Waals surface area contributed by atoms with Crippen molar-refractivity contribution in [1.82, 2.24) is 0 Å². The average Bonchev–Trinajstić information content (AvgIpc) is 2.12. The summed E-state index contributed by atoms with van der Waals surface area (Å²) in [6.07, 6.45) is 4.52. The Morgan fingerprint density at radius 1 is 1.50 bits per heavy atom. The molecule has 0 atom stereocenters. The maximum absolute atomic E-state index is 10.2. The van der Waals surface area contributed by atoms with E-state index < -0.39 is 10.7 Å². The molecule has 1 aliphatic rings. The van der Waals surface area contributed by atoms with Gasteiger partial charge in [-0.25, -0.2) is 8.42 Å². The smallest absolute Gasteiger partial charge is 0.164 e. The van der Waals surface area contributed by atoms with E-state index in [9.17, 15) is 8.42 Å². The predicted molar refractivity (Wildman–Crippen MR) is 32.2 cm³/mol. The van der Waals surface area contributed by atoms with Crippen LogP contribution < -0.4 is 0 Å². The van der Waals surface area contributed by atoms with Gasteiger partial charge in [-0.3, -0.25) is 0 Å². The summed E-state index contributed by atoms with van der Waals surface area (Å²) in [5, 5.41) is 0. The Morgan fingerprint density at radius 2 is 2.25 bits per heavy atom. The predicted octanol–water partition coefficient (Wildman–Crippen LogP) is 0.666. The van der Waals surface area contributed by atoms with Crippen LogP contribution in [0.4, 0.5) is 0 Å². The lowest BCUT2D eigenvalue weighted by molar-refractivity contribution is 0.618. The van der Waals surface area contributed by atoms with Gasteiger partial charge in [0, 0.05) is 4.91 Å². The number of allylic oxidation sites excluding steroid dienone is 2. The maximum atomic E-state index is 10.2. The highest BCUT2D eigenvalue weighted by atomic mass is 32.2. The third kappa shape index (κ3) is 1.10. The van der Waals surface area contributed by atoms with Gasteiger partial charge in [0.2, 0.25) is 0 Å². The molecule has 46 valence electrons. The maximum Gasteiger partial charge on any atom is 0.164 e. The molecule has 2 nitrogen and oxygen atoms in total. The number of rotatable bonds is 1. The number of hydrogen-bond acceptors (Lipinski definition) is 2. The Kier molecular flexibility index (Phi) is 1.68. The van der Waals surface area contributed by atoms with Crippen LogP contribution >= 0.6 is 0 Å². The molecule has 0 unspecified atom stereocenters. The summed E-state index contributed by atoms with van der Waals surface area (Å²) in [7, 11) is -2.24. The molecule has 0 radical (unpaired) electrons. The SMILES string of the molecule is O=[SH](=O)C1=CCCC1. The highest BCUT2D eigenvalue weighted by Gasteiger charge is 2.04. The van der Waals surface area contributed by atoms with Gasteiger partial charge in [-0.05, 0) is 19.3 Å². The van der Waals surface area contributed by atoms with Crippen LogP contribution in [0.25, 0.3) is 0 Å². The molecule has 0 fully saturated rings. The Bertz CT molecular complexity index is 171. The van der Waals surface area contributed by atoms with Crippen LogP contribution in [0.15, 0.2) is 11.0 Å². The second-order valence-corrected chi connectivity index (χ2v) is 2.93. The minimum atomic E-state index is -2.24. The first-order chi connectivity index (χ1) is 3.80. The van der Waals surface area contributed by atoms with Crippen molar-refractivity contribution in [1.29, 1.82) is 0 Å². The molecule has 8 heavy (non-hydrogen) atoms. The quantitative estimate of drug-likeness (QED) is 0.532. The molecule has 1 rings (SSSR count). The molecule has 0 heterocycles. The van der Waals surface area contributed by atoms with Gasteiger partial charge in [-0.15, -0.1) is 0 Å². The van der Waals surface area contributed by atoms with Gasteiger partial charge in [0.05, 0.1) is 0 Å². The zero-order valence-electron chi connectivity index (χ0n) is 4.46. The fourth-order valence-electron chi connectivity index (χ4n) is 0.820. The highest BCUT2D eigenvalue weighted by Crippen LogP contribution is 2.17. The van der Waals surface area contributed by atoms with Crippen molar-refractivity contribution in [3.63, 3.8) is 0 Å². The average molecular weight is 132 g/mol.